The monoisotopic (exact) mass is 198 g/mol. The molecule has 2 aliphatic rings. The van der Waals surface area contributed by atoms with Gasteiger partial charge in [-0.25, -0.2) is 0 Å². The van der Waals surface area contributed by atoms with E-state index in [1.807, 2.05) is 4.90 Å². The molecule has 0 spiro atoms. The fraction of sp³-hybridized carbons (Fsp3) is 0.900. The highest BCUT2D eigenvalue weighted by Gasteiger charge is 2.28. The van der Waals surface area contributed by atoms with Crippen LogP contribution in [0.15, 0.2) is 0 Å². The van der Waals surface area contributed by atoms with Gasteiger partial charge in [-0.3, -0.25) is 4.79 Å². The zero-order valence-electron chi connectivity index (χ0n) is 8.45. The van der Waals surface area contributed by atoms with Crippen LogP contribution in [0.1, 0.15) is 19.3 Å². The molecular formula is C10H18N2O2. The lowest BCUT2D eigenvalue weighted by Gasteiger charge is -2.24. The van der Waals surface area contributed by atoms with Gasteiger partial charge < -0.3 is 15.4 Å². The first-order chi connectivity index (χ1) is 6.77. The SMILES string of the molecule is NC(CN1CCCC1=O)C1CCOC1. The summed E-state index contributed by atoms with van der Waals surface area (Å²) < 4.78 is 5.29. The molecule has 1 amide bonds. The number of ether oxygens (including phenoxy) is 1. The van der Waals surface area contributed by atoms with Crippen LogP contribution < -0.4 is 5.73 Å². The molecular weight excluding hydrogens is 180 g/mol. The average molecular weight is 198 g/mol. The van der Waals surface area contributed by atoms with E-state index in [4.69, 9.17) is 10.5 Å². The third-order valence-corrected chi connectivity index (χ3v) is 3.17. The van der Waals surface area contributed by atoms with Crippen LogP contribution in [0.4, 0.5) is 0 Å². The zero-order valence-corrected chi connectivity index (χ0v) is 8.45. The molecule has 4 heteroatoms. The first-order valence-electron chi connectivity index (χ1n) is 5.38. The molecule has 2 aliphatic heterocycles. The summed E-state index contributed by atoms with van der Waals surface area (Å²) in [5.41, 5.74) is 6.05. The molecule has 14 heavy (non-hydrogen) atoms. The fourth-order valence-electron chi connectivity index (χ4n) is 2.19. The van der Waals surface area contributed by atoms with Crippen LogP contribution in [0.25, 0.3) is 0 Å². The van der Waals surface area contributed by atoms with Gasteiger partial charge in [0.1, 0.15) is 0 Å². The Bertz CT molecular complexity index is 214. The predicted octanol–water partition coefficient (Wildman–Crippen LogP) is -0.0274. The molecule has 0 aromatic heterocycles. The summed E-state index contributed by atoms with van der Waals surface area (Å²) in [5, 5.41) is 0. The lowest BCUT2D eigenvalue weighted by Crippen LogP contribution is -2.43. The molecule has 0 aliphatic carbocycles. The molecule has 80 valence electrons. The van der Waals surface area contributed by atoms with Gasteiger partial charge in [0.15, 0.2) is 0 Å². The Kier molecular flexibility index (Phi) is 3.03. The molecule has 0 radical (unpaired) electrons. The lowest BCUT2D eigenvalue weighted by molar-refractivity contribution is -0.128. The summed E-state index contributed by atoms with van der Waals surface area (Å²) in [4.78, 5) is 13.3. The molecule has 0 aromatic carbocycles. The van der Waals surface area contributed by atoms with Gasteiger partial charge in [0.2, 0.25) is 5.91 Å². The van der Waals surface area contributed by atoms with E-state index in [1.54, 1.807) is 0 Å². The van der Waals surface area contributed by atoms with Crippen molar-refractivity contribution >= 4 is 5.91 Å². The summed E-state index contributed by atoms with van der Waals surface area (Å²) >= 11 is 0. The van der Waals surface area contributed by atoms with E-state index in [9.17, 15) is 4.79 Å². The molecule has 2 N–H and O–H groups in total. The maximum atomic E-state index is 11.4. The van der Waals surface area contributed by atoms with Crippen molar-refractivity contribution in [3.63, 3.8) is 0 Å². The summed E-state index contributed by atoms with van der Waals surface area (Å²) in [6.45, 7) is 3.20. The van der Waals surface area contributed by atoms with Crippen LogP contribution in [0.3, 0.4) is 0 Å². The van der Waals surface area contributed by atoms with Crippen LogP contribution >= 0.6 is 0 Å². The number of hydrogen-bond acceptors (Lipinski definition) is 3. The van der Waals surface area contributed by atoms with Gasteiger partial charge >= 0.3 is 0 Å². The number of carbonyl (C=O) groups excluding carboxylic acids is 1. The maximum absolute atomic E-state index is 11.4. The van der Waals surface area contributed by atoms with Crippen LogP contribution in [-0.2, 0) is 9.53 Å². The quantitative estimate of drug-likeness (QED) is 0.693. The molecule has 2 fully saturated rings. The van der Waals surface area contributed by atoms with Crippen LogP contribution in [0.5, 0.6) is 0 Å². The highest BCUT2D eigenvalue weighted by Crippen LogP contribution is 2.18. The fourth-order valence-corrected chi connectivity index (χ4v) is 2.19. The van der Waals surface area contributed by atoms with Crippen molar-refractivity contribution in [1.29, 1.82) is 0 Å². The van der Waals surface area contributed by atoms with E-state index < -0.39 is 0 Å². The molecule has 2 unspecified atom stereocenters. The summed E-state index contributed by atoms with van der Waals surface area (Å²) in [7, 11) is 0. The van der Waals surface area contributed by atoms with Crippen LogP contribution in [0.2, 0.25) is 0 Å². The van der Waals surface area contributed by atoms with E-state index >= 15 is 0 Å². The Morgan fingerprint density at radius 1 is 1.64 bits per heavy atom. The first kappa shape index (κ1) is 9.93. The van der Waals surface area contributed by atoms with Gasteiger partial charge in [-0.1, -0.05) is 0 Å². The van der Waals surface area contributed by atoms with Crippen molar-refractivity contribution in [1.82, 2.24) is 4.90 Å². The van der Waals surface area contributed by atoms with E-state index in [0.717, 1.165) is 32.6 Å². The van der Waals surface area contributed by atoms with Crippen molar-refractivity contribution in [3.05, 3.63) is 0 Å². The van der Waals surface area contributed by atoms with Crippen LogP contribution in [0, 0.1) is 5.92 Å². The minimum Gasteiger partial charge on any atom is -0.381 e. The molecule has 2 saturated heterocycles. The second-order valence-corrected chi connectivity index (χ2v) is 4.23. The first-order valence-corrected chi connectivity index (χ1v) is 5.38. The van der Waals surface area contributed by atoms with E-state index in [1.165, 1.54) is 0 Å². The Balaban J connectivity index is 1.80. The highest BCUT2D eigenvalue weighted by molar-refractivity contribution is 5.78. The number of carbonyl (C=O) groups is 1. The van der Waals surface area contributed by atoms with E-state index in [2.05, 4.69) is 0 Å². The van der Waals surface area contributed by atoms with Crippen LogP contribution in [-0.4, -0.2) is 43.2 Å². The van der Waals surface area contributed by atoms with E-state index in [0.29, 0.717) is 18.9 Å². The number of nitrogens with two attached hydrogens (primary N) is 1. The van der Waals surface area contributed by atoms with Gasteiger partial charge in [-0.15, -0.1) is 0 Å². The Labute approximate surface area is 84.4 Å². The number of rotatable bonds is 3. The number of likely N-dealkylation sites (tertiary alicyclic amines) is 1. The molecule has 2 rings (SSSR count). The van der Waals surface area contributed by atoms with Crippen molar-refractivity contribution in [2.24, 2.45) is 11.7 Å². The number of nitrogens with zero attached hydrogens (tertiary/aromatic N) is 1. The normalized spacial score (nSPS) is 29.9. The second-order valence-electron chi connectivity index (χ2n) is 4.23. The van der Waals surface area contributed by atoms with Crippen molar-refractivity contribution in [3.8, 4) is 0 Å². The molecule has 0 bridgehead atoms. The van der Waals surface area contributed by atoms with Crippen molar-refractivity contribution in [2.75, 3.05) is 26.3 Å². The summed E-state index contributed by atoms with van der Waals surface area (Å²) in [5.74, 6) is 0.711. The molecule has 2 heterocycles. The van der Waals surface area contributed by atoms with Crippen molar-refractivity contribution < 1.29 is 9.53 Å². The second kappa shape index (κ2) is 4.28. The minimum atomic E-state index is 0.0968. The third kappa shape index (κ3) is 2.07. The Morgan fingerprint density at radius 3 is 3.07 bits per heavy atom. The topological polar surface area (TPSA) is 55.6 Å². The summed E-state index contributed by atoms with van der Waals surface area (Å²) in [6.07, 6.45) is 2.74. The highest BCUT2D eigenvalue weighted by atomic mass is 16.5. The number of amides is 1. The minimum absolute atomic E-state index is 0.0968. The average Bonchev–Trinajstić information content (AvgIpc) is 2.77. The largest absolute Gasteiger partial charge is 0.381 e. The standard InChI is InChI=1S/C10H18N2O2/c11-9(8-3-5-14-7-8)6-12-4-1-2-10(12)13/h8-9H,1-7,11H2. The van der Waals surface area contributed by atoms with Gasteiger partial charge in [0.25, 0.3) is 0 Å². The molecule has 0 saturated carbocycles. The Morgan fingerprint density at radius 2 is 2.50 bits per heavy atom. The Hall–Kier alpha value is -0.610. The smallest absolute Gasteiger partial charge is 0.222 e. The third-order valence-electron chi connectivity index (χ3n) is 3.17. The van der Waals surface area contributed by atoms with Crippen molar-refractivity contribution in [2.45, 2.75) is 25.3 Å². The van der Waals surface area contributed by atoms with E-state index in [-0.39, 0.29) is 11.9 Å². The lowest BCUT2D eigenvalue weighted by atomic mass is 9.99. The summed E-state index contributed by atoms with van der Waals surface area (Å²) in [6, 6.07) is 0.0968. The van der Waals surface area contributed by atoms with Gasteiger partial charge in [-0.2, -0.15) is 0 Å². The maximum Gasteiger partial charge on any atom is 0.222 e. The molecule has 0 aromatic rings. The zero-order chi connectivity index (χ0) is 9.97. The predicted molar refractivity (Wildman–Crippen MR) is 52.7 cm³/mol. The van der Waals surface area contributed by atoms with Gasteiger partial charge in [-0.05, 0) is 12.8 Å². The van der Waals surface area contributed by atoms with Gasteiger partial charge in [0.05, 0.1) is 6.61 Å². The molecule has 4 nitrogen and oxygen atoms in total. The number of hydrogen-bond donors (Lipinski definition) is 1. The molecule has 2 atom stereocenters. The van der Waals surface area contributed by atoms with Gasteiger partial charge in [0, 0.05) is 38.1 Å².